The molecule has 0 heterocycles. The smallest absolute Gasteiger partial charge is 0.226 e. The molecule has 31 heavy (non-hydrogen) atoms. The summed E-state index contributed by atoms with van der Waals surface area (Å²) in [5.74, 6) is 0.913. The van der Waals surface area contributed by atoms with E-state index >= 15 is 0 Å². The molecule has 4 saturated carbocycles. The molecule has 1 amide bonds. The van der Waals surface area contributed by atoms with Crippen molar-refractivity contribution in [3.63, 3.8) is 0 Å². The average molecular weight is 430 g/mol. The van der Waals surface area contributed by atoms with Gasteiger partial charge >= 0.3 is 0 Å². The van der Waals surface area contributed by atoms with Crippen LogP contribution in [-0.4, -0.2) is 29.8 Å². The molecule has 0 unspecified atom stereocenters. The number of fused-ring (bicyclic) bond motifs is 3. The number of amides is 1. The Bertz CT molecular complexity index is 786. The van der Waals surface area contributed by atoms with E-state index in [1.165, 1.54) is 5.56 Å². The van der Waals surface area contributed by atoms with Crippen molar-refractivity contribution in [1.82, 2.24) is 5.32 Å². The van der Waals surface area contributed by atoms with E-state index in [1.807, 2.05) is 19.1 Å². The van der Waals surface area contributed by atoms with Crippen LogP contribution in [0.3, 0.4) is 0 Å². The first kappa shape index (κ1) is 22.3. The molecule has 5 rings (SSSR count). The van der Waals surface area contributed by atoms with E-state index in [0.717, 1.165) is 70.0 Å². The third-order valence-electron chi connectivity index (χ3n) is 8.34. The van der Waals surface area contributed by atoms with Crippen molar-refractivity contribution in [2.75, 3.05) is 13.2 Å². The lowest BCUT2D eigenvalue weighted by atomic mass is 9.51. The van der Waals surface area contributed by atoms with Gasteiger partial charge < -0.3 is 15.2 Å². The fraction of sp³-hybridized carbons (Fsp3) is 0.654. The summed E-state index contributed by atoms with van der Waals surface area (Å²) < 4.78 is 18.4. The maximum absolute atomic E-state index is 13.1. The number of halogens is 1. The Morgan fingerprint density at radius 2 is 1.68 bits per heavy atom. The molecule has 0 atom stereocenters. The van der Waals surface area contributed by atoms with Crippen molar-refractivity contribution in [3.8, 4) is 5.75 Å². The zero-order valence-corrected chi connectivity index (χ0v) is 18.7. The fourth-order valence-electron chi connectivity index (χ4n) is 5.89. The van der Waals surface area contributed by atoms with E-state index in [-0.39, 0.29) is 23.3 Å². The molecule has 4 fully saturated rings. The number of hydrogen-bond acceptors (Lipinski definition) is 3. The van der Waals surface area contributed by atoms with Gasteiger partial charge in [0.2, 0.25) is 5.91 Å². The van der Waals surface area contributed by atoms with Crippen molar-refractivity contribution in [2.24, 2.45) is 5.41 Å². The van der Waals surface area contributed by atoms with Crippen LogP contribution in [0.2, 0.25) is 0 Å². The molecule has 170 valence electrons. The quantitative estimate of drug-likeness (QED) is 0.586. The summed E-state index contributed by atoms with van der Waals surface area (Å²) in [6.07, 6.45) is 10.8. The molecule has 0 spiro atoms. The highest BCUT2D eigenvalue weighted by Crippen LogP contribution is 2.58. The van der Waals surface area contributed by atoms with Gasteiger partial charge in [-0.05, 0) is 86.5 Å². The number of nitrogens with one attached hydrogen (secondary N) is 1. The lowest BCUT2D eigenvalue weighted by molar-refractivity contribution is -0.139. The summed E-state index contributed by atoms with van der Waals surface area (Å²) >= 11 is 0. The van der Waals surface area contributed by atoms with Crippen molar-refractivity contribution in [2.45, 2.75) is 88.6 Å². The van der Waals surface area contributed by atoms with Gasteiger partial charge in [-0.25, -0.2) is 4.39 Å². The Balaban J connectivity index is 1.34. The van der Waals surface area contributed by atoms with E-state index in [1.54, 1.807) is 0 Å². The third kappa shape index (κ3) is 4.52. The minimum absolute atomic E-state index is 0.150. The molecule has 2 bridgehead atoms. The van der Waals surface area contributed by atoms with Gasteiger partial charge in [0.1, 0.15) is 12.4 Å². The number of carbonyl (C=O) groups excluding carboxylic acids is 1. The molecule has 0 radical (unpaired) electrons. The predicted molar refractivity (Wildman–Crippen MR) is 120 cm³/mol. The zero-order valence-electron chi connectivity index (χ0n) is 18.7. The molecular weight excluding hydrogens is 393 g/mol. The van der Waals surface area contributed by atoms with Gasteiger partial charge in [-0.3, -0.25) is 4.79 Å². The third-order valence-corrected chi connectivity index (χ3v) is 8.34. The Morgan fingerprint density at radius 1 is 1.06 bits per heavy atom. The van der Waals surface area contributed by atoms with Crippen LogP contribution in [0, 0.1) is 5.41 Å². The highest BCUT2D eigenvalue weighted by Gasteiger charge is 2.53. The van der Waals surface area contributed by atoms with Crippen LogP contribution < -0.4 is 10.1 Å². The van der Waals surface area contributed by atoms with Crippen LogP contribution in [0.1, 0.15) is 83.1 Å². The van der Waals surface area contributed by atoms with Crippen molar-refractivity contribution in [3.05, 3.63) is 41.7 Å². The molecule has 4 aliphatic carbocycles. The molecule has 4 nitrogen and oxygen atoms in total. The van der Waals surface area contributed by atoms with Gasteiger partial charge in [-0.2, -0.15) is 0 Å². The maximum atomic E-state index is 13.1. The van der Waals surface area contributed by atoms with E-state index < -0.39 is 5.60 Å². The van der Waals surface area contributed by atoms with Crippen molar-refractivity contribution >= 4 is 5.91 Å². The Hall–Kier alpha value is -1.88. The summed E-state index contributed by atoms with van der Waals surface area (Å²) in [5.41, 5.74) is 1.18. The molecule has 0 aromatic heterocycles. The first-order valence-electron chi connectivity index (χ1n) is 11.9. The van der Waals surface area contributed by atoms with E-state index in [4.69, 9.17) is 4.74 Å². The number of ether oxygens (including phenoxy) is 1. The molecule has 2 N–H and O–H groups in total. The summed E-state index contributed by atoms with van der Waals surface area (Å²) in [7, 11) is 0. The lowest BCUT2D eigenvalue weighted by Crippen LogP contribution is -2.53. The Kier molecular flexibility index (Phi) is 6.43. The van der Waals surface area contributed by atoms with E-state index in [9.17, 15) is 14.3 Å². The summed E-state index contributed by atoms with van der Waals surface area (Å²) in [6.45, 7) is 2.60. The predicted octanol–water partition coefficient (Wildman–Crippen LogP) is 5.34. The SMILES string of the molecule is CC/C(=C\F)COc1ccc(C23CCC(C(=O)NCC4(O)CCCC4)(CC2)CC3)cc1. The second-order valence-electron chi connectivity index (χ2n) is 10.1. The summed E-state index contributed by atoms with van der Waals surface area (Å²) in [5, 5.41) is 13.7. The number of benzene rings is 1. The fourth-order valence-corrected chi connectivity index (χ4v) is 5.89. The molecule has 5 heteroatoms. The van der Waals surface area contributed by atoms with Gasteiger partial charge in [0, 0.05) is 12.0 Å². The molecule has 1 aromatic carbocycles. The highest BCUT2D eigenvalue weighted by atomic mass is 19.1. The van der Waals surface area contributed by atoms with Crippen LogP contribution in [0.15, 0.2) is 36.2 Å². The maximum Gasteiger partial charge on any atom is 0.226 e. The Morgan fingerprint density at radius 3 is 2.23 bits per heavy atom. The second kappa shape index (κ2) is 8.93. The molecule has 4 aliphatic rings. The number of rotatable bonds is 8. The minimum atomic E-state index is -0.693. The van der Waals surface area contributed by atoms with Crippen LogP contribution in [0.4, 0.5) is 4.39 Å². The molecule has 0 aliphatic heterocycles. The Labute approximate surface area is 185 Å². The van der Waals surface area contributed by atoms with Crippen molar-refractivity contribution < 1.29 is 19.0 Å². The molecule has 1 aromatic rings. The topological polar surface area (TPSA) is 58.6 Å². The van der Waals surface area contributed by atoms with Crippen LogP contribution >= 0.6 is 0 Å². The lowest BCUT2D eigenvalue weighted by Gasteiger charge is -2.53. The van der Waals surface area contributed by atoms with Gasteiger partial charge in [-0.15, -0.1) is 0 Å². The number of hydrogen-bond donors (Lipinski definition) is 2. The zero-order chi connectivity index (χ0) is 22.0. The first-order chi connectivity index (χ1) is 14.9. The van der Waals surface area contributed by atoms with E-state index in [2.05, 4.69) is 17.4 Å². The average Bonchev–Trinajstić information content (AvgIpc) is 3.26. The standard InChI is InChI=1S/C26H36FNO3/c1-2-20(17-27)18-31-22-7-5-21(6-8-22)24-11-14-25(15-12-24,16-13-24)23(29)28-19-26(30)9-3-4-10-26/h5-8,17,30H,2-4,9-16,18-19H2,1H3,(H,28,29)/b20-17+. The number of carbonyl (C=O) groups is 1. The summed E-state index contributed by atoms with van der Waals surface area (Å²) in [6, 6.07) is 8.27. The summed E-state index contributed by atoms with van der Waals surface area (Å²) in [4.78, 5) is 13.1. The van der Waals surface area contributed by atoms with Crippen LogP contribution in [0.25, 0.3) is 0 Å². The monoisotopic (exact) mass is 429 g/mol. The second-order valence-corrected chi connectivity index (χ2v) is 10.1. The minimum Gasteiger partial charge on any atom is -0.489 e. The van der Waals surface area contributed by atoms with Gasteiger partial charge in [0.05, 0.1) is 11.9 Å². The van der Waals surface area contributed by atoms with E-state index in [0.29, 0.717) is 24.9 Å². The molecular formula is C26H36FNO3. The normalized spacial score (nSPS) is 29.7. The van der Waals surface area contributed by atoms with Gasteiger partial charge in [0.15, 0.2) is 0 Å². The largest absolute Gasteiger partial charge is 0.489 e. The van der Waals surface area contributed by atoms with Gasteiger partial charge in [0.25, 0.3) is 0 Å². The molecule has 0 saturated heterocycles. The van der Waals surface area contributed by atoms with Crippen LogP contribution in [-0.2, 0) is 10.2 Å². The first-order valence-corrected chi connectivity index (χ1v) is 11.9. The number of aliphatic hydroxyl groups is 1. The highest BCUT2D eigenvalue weighted by molar-refractivity contribution is 5.83. The van der Waals surface area contributed by atoms with Crippen molar-refractivity contribution in [1.29, 1.82) is 0 Å². The van der Waals surface area contributed by atoms with Crippen LogP contribution in [0.5, 0.6) is 5.75 Å². The van der Waals surface area contributed by atoms with Gasteiger partial charge in [-0.1, -0.05) is 31.9 Å².